The fourth-order valence-electron chi connectivity index (χ4n) is 3.59. The van der Waals surface area contributed by atoms with Crippen molar-refractivity contribution in [2.45, 2.75) is 41.8 Å². The van der Waals surface area contributed by atoms with Gasteiger partial charge in [-0.15, -0.1) is 0 Å². The quantitative estimate of drug-likeness (QED) is 0.447. The number of carboxylic acids is 1. The Hall–Kier alpha value is -2.52. The van der Waals surface area contributed by atoms with Crippen molar-refractivity contribution in [3.63, 3.8) is 0 Å². The van der Waals surface area contributed by atoms with Gasteiger partial charge in [0, 0.05) is 16.2 Å². The van der Waals surface area contributed by atoms with Crippen LogP contribution in [0.2, 0.25) is 5.02 Å². The summed E-state index contributed by atoms with van der Waals surface area (Å²) in [6.07, 6.45) is -1.75. The standard InChI is InChI=1S/C21H15ClF4N2O2S/c22-14-6-3-5-13(21(24,25)26)18(14)31-19-12-4-1-2-7-16(12)28(27-19)17-9-8-11(20(29)30)10-15(17)23/h3,5-6,8-10H,1-2,4,7H2,(H,29,30). The Labute approximate surface area is 183 Å². The molecular formula is C21H15ClF4N2O2S. The van der Waals surface area contributed by atoms with Crippen LogP contribution in [0, 0.1) is 5.82 Å². The van der Waals surface area contributed by atoms with Crippen LogP contribution in [0.5, 0.6) is 0 Å². The highest BCUT2D eigenvalue weighted by atomic mass is 35.5. The molecule has 31 heavy (non-hydrogen) atoms. The Balaban J connectivity index is 1.83. The van der Waals surface area contributed by atoms with Crippen LogP contribution < -0.4 is 0 Å². The Kier molecular flexibility index (Phi) is 5.74. The molecule has 0 radical (unpaired) electrons. The van der Waals surface area contributed by atoms with Gasteiger partial charge in [-0.1, -0.05) is 29.4 Å². The maximum atomic E-state index is 14.7. The average molecular weight is 471 g/mol. The number of halogens is 5. The second-order valence-electron chi connectivity index (χ2n) is 7.04. The molecular weight excluding hydrogens is 456 g/mol. The van der Waals surface area contributed by atoms with Gasteiger partial charge in [-0.3, -0.25) is 0 Å². The third-order valence-corrected chi connectivity index (χ3v) is 6.63. The number of aromatic carboxylic acids is 1. The summed E-state index contributed by atoms with van der Waals surface area (Å²) in [5.41, 5.74) is 0.441. The predicted octanol–water partition coefficient (Wildman–Crippen LogP) is 6.41. The summed E-state index contributed by atoms with van der Waals surface area (Å²) in [5.74, 6) is -2.04. The summed E-state index contributed by atoms with van der Waals surface area (Å²) >= 11 is 6.90. The molecule has 1 aliphatic rings. The highest BCUT2D eigenvalue weighted by Gasteiger charge is 2.35. The second kappa shape index (κ2) is 8.20. The molecule has 3 aromatic rings. The lowest BCUT2D eigenvalue weighted by molar-refractivity contribution is -0.139. The summed E-state index contributed by atoms with van der Waals surface area (Å²) in [6, 6.07) is 7.06. The number of hydrogen-bond donors (Lipinski definition) is 1. The molecule has 0 fully saturated rings. The summed E-state index contributed by atoms with van der Waals surface area (Å²) in [5, 5.41) is 13.8. The van der Waals surface area contributed by atoms with Crippen LogP contribution in [0.15, 0.2) is 46.3 Å². The minimum absolute atomic E-state index is 0.0454. The highest BCUT2D eigenvalue weighted by Crippen LogP contribution is 2.45. The van der Waals surface area contributed by atoms with E-state index in [9.17, 15) is 22.4 Å². The Morgan fingerprint density at radius 1 is 1.16 bits per heavy atom. The third kappa shape index (κ3) is 4.16. The lowest BCUT2D eigenvalue weighted by Gasteiger charge is -2.15. The van der Waals surface area contributed by atoms with Gasteiger partial charge in [0.1, 0.15) is 16.5 Å². The van der Waals surface area contributed by atoms with E-state index in [1.165, 1.54) is 28.9 Å². The van der Waals surface area contributed by atoms with Crippen LogP contribution in [0.4, 0.5) is 17.6 Å². The first kappa shape index (κ1) is 21.7. The lowest BCUT2D eigenvalue weighted by atomic mass is 9.98. The highest BCUT2D eigenvalue weighted by molar-refractivity contribution is 7.99. The molecule has 1 heterocycles. The zero-order valence-corrected chi connectivity index (χ0v) is 17.4. The van der Waals surface area contributed by atoms with E-state index in [2.05, 4.69) is 5.10 Å². The lowest BCUT2D eigenvalue weighted by Crippen LogP contribution is -2.10. The van der Waals surface area contributed by atoms with E-state index in [0.29, 0.717) is 23.6 Å². The number of aromatic nitrogens is 2. The molecule has 1 aromatic heterocycles. The van der Waals surface area contributed by atoms with E-state index in [4.69, 9.17) is 16.7 Å². The number of hydrogen-bond acceptors (Lipinski definition) is 3. The van der Waals surface area contributed by atoms with Gasteiger partial charge >= 0.3 is 12.1 Å². The normalized spacial score (nSPS) is 13.8. The van der Waals surface area contributed by atoms with Crippen molar-refractivity contribution in [2.75, 3.05) is 0 Å². The van der Waals surface area contributed by atoms with Gasteiger partial charge < -0.3 is 5.11 Å². The fraction of sp³-hybridized carbons (Fsp3) is 0.238. The number of nitrogens with zero attached hydrogens (tertiary/aromatic N) is 2. The maximum absolute atomic E-state index is 14.7. The average Bonchev–Trinajstić information content (AvgIpc) is 3.07. The molecule has 2 aromatic carbocycles. The summed E-state index contributed by atoms with van der Waals surface area (Å²) in [4.78, 5) is 10.9. The predicted molar refractivity (Wildman–Crippen MR) is 108 cm³/mol. The van der Waals surface area contributed by atoms with Crippen LogP contribution in [-0.2, 0) is 19.0 Å². The van der Waals surface area contributed by atoms with Gasteiger partial charge in [-0.25, -0.2) is 13.9 Å². The van der Waals surface area contributed by atoms with Crippen molar-refractivity contribution in [3.05, 3.63) is 69.6 Å². The molecule has 4 nitrogen and oxygen atoms in total. The van der Waals surface area contributed by atoms with Gasteiger partial charge in [-0.05, 0) is 56.0 Å². The van der Waals surface area contributed by atoms with Gasteiger partial charge in [0.05, 0.1) is 16.1 Å². The number of fused-ring (bicyclic) bond motifs is 1. The Morgan fingerprint density at radius 2 is 1.90 bits per heavy atom. The van der Waals surface area contributed by atoms with Gasteiger partial charge in [0.2, 0.25) is 0 Å². The summed E-state index contributed by atoms with van der Waals surface area (Å²) in [6.45, 7) is 0. The molecule has 0 unspecified atom stereocenters. The smallest absolute Gasteiger partial charge is 0.417 e. The molecule has 4 rings (SSSR count). The molecule has 0 saturated heterocycles. The number of rotatable bonds is 4. The van der Waals surface area contributed by atoms with E-state index in [1.807, 2.05) is 0 Å². The maximum Gasteiger partial charge on any atom is 0.417 e. The molecule has 10 heteroatoms. The van der Waals surface area contributed by atoms with Crippen LogP contribution >= 0.6 is 23.4 Å². The van der Waals surface area contributed by atoms with Crippen LogP contribution in [0.3, 0.4) is 0 Å². The van der Waals surface area contributed by atoms with E-state index in [-0.39, 0.29) is 21.2 Å². The van der Waals surface area contributed by atoms with E-state index < -0.39 is 23.5 Å². The van der Waals surface area contributed by atoms with Crippen molar-refractivity contribution >= 4 is 29.3 Å². The van der Waals surface area contributed by atoms with E-state index >= 15 is 0 Å². The molecule has 0 saturated carbocycles. The number of carboxylic acid groups (broad SMARTS) is 1. The van der Waals surface area contributed by atoms with Crippen molar-refractivity contribution < 1.29 is 27.5 Å². The SMILES string of the molecule is O=C(O)c1ccc(-n2nc(Sc3c(Cl)cccc3C(F)(F)F)c3c2CCCC3)c(F)c1. The first-order chi connectivity index (χ1) is 14.7. The molecule has 0 aliphatic heterocycles. The van der Waals surface area contributed by atoms with E-state index in [1.54, 1.807) is 0 Å². The molecule has 162 valence electrons. The van der Waals surface area contributed by atoms with Gasteiger partial charge in [-0.2, -0.15) is 18.3 Å². The first-order valence-electron chi connectivity index (χ1n) is 9.34. The minimum Gasteiger partial charge on any atom is -0.478 e. The van der Waals surface area contributed by atoms with Crippen molar-refractivity contribution in [1.82, 2.24) is 9.78 Å². The van der Waals surface area contributed by atoms with Crippen LogP contribution in [0.1, 0.15) is 40.0 Å². The van der Waals surface area contributed by atoms with Crippen LogP contribution in [0.25, 0.3) is 5.69 Å². The van der Waals surface area contributed by atoms with Crippen LogP contribution in [-0.4, -0.2) is 20.9 Å². The fourth-order valence-corrected chi connectivity index (χ4v) is 5.00. The molecule has 0 amide bonds. The molecule has 0 bridgehead atoms. The second-order valence-corrected chi connectivity index (χ2v) is 8.44. The van der Waals surface area contributed by atoms with E-state index in [0.717, 1.165) is 42.3 Å². The largest absolute Gasteiger partial charge is 0.478 e. The van der Waals surface area contributed by atoms with Crippen molar-refractivity contribution in [3.8, 4) is 5.69 Å². The number of benzene rings is 2. The third-order valence-electron chi connectivity index (χ3n) is 5.04. The molecule has 0 spiro atoms. The summed E-state index contributed by atoms with van der Waals surface area (Å²) < 4.78 is 56.6. The number of alkyl halides is 3. The Morgan fingerprint density at radius 3 is 2.58 bits per heavy atom. The van der Waals surface area contributed by atoms with Gasteiger partial charge in [0.15, 0.2) is 0 Å². The summed E-state index contributed by atoms with van der Waals surface area (Å²) in [7, 11) is 0. The zero-order valence-electron chi connectivity index (χ0n) is 15.8. The number of carbonyl (C=O) groups is 1. The molecule has 0 atom stereocenters. The molecule has 1 aliphatic carbocycles. The topological polar surface area (TPSA) is 55.1 Å². The zero-order chi connectivity index (χ0) is 22.3. The Bertz CT molecular complexity index is 1180. The van der Waals surface area contributed by atoms with Crippen molar-refractivity contribution in [2.24, 2.45) is 0 Å². The monoisotopic (exact) mass is 470 g/mol. The van der Waals surface area contributed by atoms with Crippen molar-refractivity contribution in [1.29, 1.82) is 0 Å². The first-order valence-corrected chi connectivity index (χ1v) is 10.5. The van der Waals surface area contributed by atoms with Gasteiger partial charge in [0.25, 0.3) is 0 Å². The minimum atomic E-state index is -4.59. The molecule has 1 N–H and O–H groups in total.